The molecule has 4 heteroatoms. The standard InChI is InChI=1S/C15H18ClN3/c1-19(14-9-5-2-6-11(14)16)15-10-17-12-7-3-4-8-13(12)18-15/h3-4,7-8,10-11,14H,2,5-6,9H2,1H3. The summed E-state index contributed by atoms with van der Waals surface area (Å²) in [5.74, 6) is 0.913. The van der Waals surface area contributed by atoms with Crippen LogP contribution in [-0.2, 0) is 0 Å². The van der Waals surface area contributed by atoms with Crippen LogP contribution in [0.1, 0.15) is 25.7 Å². The Bertz CT molecular complexity index is 572. The minimum atomic E-state index is 0.215. The molecule has 0 bridgehead atoms. The third-order valence-corrected chi connectivity index (χ3v) is 4.45. The first-order valence-electron chi connectivity index (χ1n) is 6.84. The van der Waals surface area contributed by atoms with Gasteiger partial charge in [0, 0.05) is 13.1 Å². The van der Waals surface area contributed by atoms with Gasteiger partial charge in [-0.15, -0.1) is 11.6 Å². The second kappa shape index (κ2) is 5.33. The van der Waals surface area contributed by atoms with Gasteiger partial charge in [-0.25, -0.2) is 4.98 Å². The summed E-state index contributed by atoms with van der Waals surface area (Å²) in [7, 11) is 2.07. The van der Waals surface area contributed by atoms with Gasteiger partial charge in [0.15, 0.2) is 0 Å². The molecule has 0 aliphatic heterocycles. The Morgan fingerprint density at radius 1 is 1.16 bits per heavy atom. The minimum Gasteiger partial charge on any atom is -0.354 e. The normalized spacial score (nSPS) is 23.5. The highest BCUT2D eigenvalue weighted by atomic mass is 35.5. The van der Waals surface area contributed by atoms with Crippen molar-refractivity contribution >= 4 is 28.5 Å². The number of alkyl halides is 1. The maximum atomic E-state index is 6.46. The minimum absolute atomic E-state index is 0.215. The molecule has 1 aliphatic carbocycles. The van der Waals surface area contributed by atoms with Gasteiger partial charge in [0.2, 0.25) is 0 Å². The largest absolute Gasteiger partial charge is 0.354 e. The van der Waals surface area contributed by atoms with Crippen molar-refractivity contribution in [1.82, 2.24) is 9.97 Å². The zero-order valence-electron chi connectivity index (χ0n) is 11.1. The van der Waals surface area contributed by atoms with Crippen LogP contribution in [0.3, 0.4) is 0 Å². The highest BCUT2D eigenvalue weighted by Crippen LogP contribution is 2.29. The molecule has 3 nitrogen and oxygen atoms in total. The smallest absolute Gasteiger partial charge is 0.147 e. The predicted molar refractivity (Wildman–Crippen MR) is 79.8 cm³/mol. The summed E-state index contributed by atoms with van der Waals surface area (Å²) in [6.07, 6.45) is 6.57. The fourth-order valence-electron chi connectivity index (χ4n) is 2.79. The summed E-state index contributed by atoms with van der Waals surface area (Å²) in [6, 6.07) is 8.32. The number of halogens is 1. The van der Waals surface area contributed by atoms with Crippen molar-refractivity contribution in [3.63, 3.8) is 0 Å². The summed E-state index contributed by atoms with van der Waals surface area (Å²) in [5.41, 5.74) is 1.87. The highest BCUT2D eigenvalue weighted by Gasteiger charge is 2.27. The first-order chi connectivity index (χ1) is 9.25. The van der Waals surface area contributed by atoms with Gasteiger partial charge >= 0.3 is 0 Å². The van der Waals surface area contributed by atoms with Crippen molar-refractivity contribution in [2.24, 2.45) is 0 Å². The third-order valence-electron chi connectivity index (χ3n) is 3.94. The molecular formula is C15H18ClN3. The Kier molecular flexibility index (Phi) is 3.56. The van der Waals surface area contributed by atoms with Crippen LogP contribution in [0.25, 0.3) is 11.0 Å². The number of anilines is 1. The topological polar surface area (TPSA) is 29.0 Å². The zero-order valence-corrected chi connectivity index (χ0v) is 11.8. The number of hydrogen-bond donors (Lipinski definition) is 0. The molecule has 100 valence electrons. The Morgan fingerprint density at radius 2 is 1.89 bits per heavy atom. The van der Waals surface area contributed by atoms with E-state index < -0.39 is 0 Å². The van der Waals surface area contributed by atoms with E-state index in [2.05, 4.69) is 21.9 Å². The zero-order chi connectivity index (χ0) is 13.2. The van der Waals surface area contributed by atoms with Crippen LogP contribution in [0, 0.1) is 0 Å². The van der Waals surface area contributed by atoms with E-state index in [-0.39, 0.29) is 5.38 Å². The van der Waals surface area contributed by atoms with E-state index in [1.54, 1.807) is 0 Å². The molecule has 2 unspecified atom stereocenters. The average Bonchev–Trinajstić information content (AvgIpc) is 2.46. The third kappa shape index (κ3) is 2.52. The van der Waals surface area contributed by atoms with E-state index in [4.69, 9.17) is 11.6 Å². The molecule has 1 saturated carbocycles. The van der Waals surface area contributed by atoms with Gasteiger partial charge in [0.25, 0.3) is 0 Å². The average molecular weight is 276 g/mol. The Balaban J connectivity index is 1.90. The van der Waals surface area contributed by atoms with E-state index in [0.717, 1.165) is 29.7 Å². The molecule has 1 aromatic heterocycles. The van der Waals surface area contributed by atoms with Gasteiger partial charge in [0.05, 0.1) is 22.6 Å². The second-order valence-corrected chi connectivity index (χ2v) is 5.76. The fraction of sp³-hybridized carbons (Fsp3) is 0.467. The number of para-hydroxylation sites is 2. The predicted octanol–water partition coefficient (Wildman–Crippen LogP) is 3.62. The summed E-state index contributed by atoms with van der Waals surface area (Å²) in [5, 5.41) is 0.215. The van der Waals surface area contributed by atoms with E-state index >= 15 is 0 Å². The lowest BCUT2D eigenvalue weighted by Crippen LogP contribution is -2.41. The van der Waals surface area contributed by atoms with Gasteiger partial charge in [0.1, 0.15) is 5.82 Å². The number of nitrogens with zero attached hydrogens (tertiary/aromatic N) is 3. The summed E-state index contributed by atoms with van der Waals surface area (Å²) >= 11 is 6.46. The van der Waals surface area contributed by atoms with Crippen molar-refractivity contribution in [2.45, 2.75) is 37.1 Å². The van der Waals surface area contributed by atoms with Crippen LogP contribution in [0.15, 0.2) is 30.5 Å². The molecule has 0 spiro atoms. The summed E-state index contributed by atoms with van der Waals surface area (Å²) in [4.78, 5) is 11.4. The monoisotopic (exact) mass is 275 g/mol. The number of aromatic nitrogens is 2. The molecule has 0 N–H and O–H groups in total. The Labute approximate surface area is 118 Å². The molecule has 19 heavy (non-hydrogen) atoms. The van der Waals surface area contributed by atoms with E-state index in [9.17, 15) is 0 Å². The van der Waals surface area contributed by atoms with Gasteiger partial charge in [-0.1, -0.05) is 25.0 Å². The molecule has 0 saturated heterocycles. The maximum absolute atomic E-state index is 6.46. The molecular weight excluding hydrogens is 258 g/mol. The van der Waals surface area contributed by atoms with Gasteiger partial charge in [-0.05, 0) is 25.0 Å². The number of rotatable bonds is 2. The van der Waals surface area contributed by atoms with E-state index in [1.807, 2.05) is 30.5 Å². The number of fused-ring (bicyclic) bond motifs is 1. The van der Waals surface area contributed by atoms with Crippen LogP contribution >= 0.6 is 11.6 Å². The number of benzene rings is 1. The van der Waals surface area contributed by atoms with Crippen LogP contribution in [0.4, 0.5) is 5.82 Å². The molecule has 2 atom stereocenters. The first kappa shape index (κ1) is 12.7. The van der Waals surface area contributed by atoms with Gasteiger partial charge in [-0.2, -0.15) is 0 Å². The first-order valence-corrected chi connectivity index (χ1v) is 7.28. The van der Waals surface area contributed by atoms with Crippen molar-refractivity contribution in [2.75, 3.05) is 11.9 Å². The van der Waals surface area contributed by atoms with Crippen molar-refractivity contribution < 1.29 is 0 Å². The van der Waals surface area contributed by atoms with E-state index in [0.29, 0.717) is 6.04 Å². The molecule has 3 rings (SSSR count). The summed E-state index contributed by atoms with van der Waals surface area (Å²) < 4.78 is 0. The molecule has 1 aliphatic rings. The van der Waals surface area contributed by atoms with Crippen LogP contribution in [0.2, 0.25) is 0 Å². The van der Waals surface area contributed by atoms with Crippen LogP contribution in [-0.4, -0.2) is 28.4 Å². The lowest BCUT2D eigenvalue weighted by atomic mass is 9.94. The maximum Gasteiger partial charge on any atom is 0.147 e. The summed E-state index contributed by atoms with van der Waals surface area (Å²) in [6.45, 7) is 0. The molecule has 0 amide bonds. The van der Waals surface area contributed by atoms with Crippen molar-refractivity contribution in [1.29, 1.82) is 0 Å². The highest BCUT2D eigenvalue weighted by molar-refractivity contribution is 6.21. The fourth-order valence-corrected chi connectivity index (χ4v) is 3.24. The van der Waals surface area contributed by atoms with Gasteiger partial charge in [-0.3, -0.25) is 4.98 Å². The Hall–Kier alpha value is -1.35. The quantitative estimate of drug-likeness (QED) is 0.784. The van der Waals surface area contributed by atoms with Crippen molar-refractivity contribution in [3.05, 3.63) is 30.5 Å². The molecule has 1 fully saturated rings. The SMILES string of the molecule is CN(c1cnc2ccccc2n1)C1CCCCC1Cl. The molecule has 1 heterocycles. The van der Waals surface area contributed by atoms with Gasteiger partial charge < -0.3 is 4.90 Å². The lowest BCUT2D eigenvalue weighted by Gasteiger charge is -2.35. The van der Waals surface area contributed by atoms with E-state index in [1.165, 1.54) is 12.8 Å². The second-order valence-electron chi connectivity index (χ2n) is 5.20. The molecule has 1 aromatic carbocycles. The van der Waals surface area contributed by atoms with Crippen LogP contribution in [0.5, 0.6) is 0 Å². The Morgan fingerprint density at radius 3 is 2.68 bits per heavy atom. The van der Waals surface area contributed by atoms with Crippen LogP contribution < -0.4 is 4.90 Å². The molecule has 2 aromatic rings. The van der Waals surface area contributed by atoms with Crippen molar-refractivity contribution in [3.8, 4) is 0 Å². The molecule has 0 radical (unpaired) electrons. The number of hydrogen-bond acceptors (Lipinski definition) is 3. The lowest BCUT2D eigenvalue weighted by molar-refractivity contribution is 0.432.